The first-order valence-corrected chi connectivity index (χ1v) is 8.19. The van der Waals surface area contributed by atoms with Crippen LogP contribution < -0.4 is 5.32 Å². The molecule has 0 saturated carbocycles. The van der Waals surface area contributed by atoms with Crippen molar-refractivity contribution < 1.29 is 9.42 Å². The van der Waals surface area contributed by atoms with E-state index in [2.05, 4.69) is 25.4 Å². The first-order valence-electron chi connectivity index (χ1n) is 7.81. The normalized spacial score (nSPS) is 11.4. The van der Waals surface area contributed by atoms with E-state index >= 15 is 0 Å². The highest BCUT2D eigenvalue weighted by atomic mass is 35.5. The van der Waals surface area contributed by atoms with Crippen LogP contribution in [0.25, 0.3) is 0 Å². The predicted molar refractivity (Wildman–Crippen MR) is 97.1 cm³/mol. The SMILES string of the molecule is N#Cc1ccc(C(=O)Nc2nonc2C(Cc2cccc(Cl)c2)N=O)cc1. The van der Waals surface area contributed by atoms with Crippen LogP contribution in [0.15, 0.2) is 58.3 Å². The van der Waals surface area contributed by atoms with E-state index in [9.17, 15) is 9.70 Å². The summed E-state index contributed by atoms with van der Waals surface area (Å²) in [6.45, 7) is 0. The molecule has 1 aromatic heterocycles. The zero-order valence-corrected chi connectivity index (χ0v) is 14.6. The van der Waals surface area contributed by atoms with Crippen LogP contribution in [0, 0.1) is 16.2 Å². The maximum Gasteiger partial charge on any atom is 0.256 e. The van der Waals surface area contributed by atoms with Gasteiger partial charge in [0.1, 0.15) is 6.04 Å². The van der Waals surface area contributed by atoms with Crippen LogP contribution in [0.3, 0.4) is 0 Å². The molecule has 1 atom stereocenters. The summed E-state index contributed by atoms with van der Waals surface area (Å²) >= 11 is 5.95. The first-order chi connectivity index (χ1) is 13.1. The van der Waals surface area contributed by atoms with Crippen molar-refractivity contribution in [2.75, 3.05) is 5.32 Å². The molecule has 1 unspecified atom stereocenters. The number of hydrogen-bond donors (Lipinski definition) is 1. The molecule has 1 N–H and O–H groups in total. The standard InChI is InChI=1S/C18H12ClN5O3/c19-14-3-1-2-12(8-14)9-15(22-26)16-17(24-27-23-16)21-18(25)13-6-4-11(10-20)5-7-13/h1-8,15H,9H2,(H,21,24,25). The van der Waals surface area contributed by atoms with Crippen molar-refractivity contribution in [3.05, 3.63) is 80.8 Å². The van der Waals surface area contributed by atoms with Gasteiger partial charge in [-0.25, -0.2) is 4.63 Å². The molecule has 1 amide bonds. The molecule has 0 aliphatic rings. The van der Waals surface area contributed by atoms with Crippen molar-refractivity contribution in [3.63, 3.8) is 0 Å². The van der Waals surface area contributed by atoms with E-state index in [1.54, 1.807) is 24.3 Å². The number of benzene rings is 2. The van der Waals surface area contributed by atoms with Crippen LogP contribution in [0.5, 0.6) is 0 Å². The highest BCUT2D eigenvalue weighted by Crippen LogP contribution is 2.27. The number of rotatable bonds is 6. The van der Waals surface area contributed by atoms with Crippen LogP contribution in [-0.4, -0.2) is 16.2 Å². The third kappa shape index (κ3) is 4.34. The van der Waals surface area contributed by atoms with E-state index in [0.717, 1.165) is 5.56 Å². The number of aromatic nitrogens is 2. The third-order valence-corrected chi connectivity index (χ3v) is 4.02. The number of nitriles is 1. The lowest BCUT2D eigenvalue weighted by atomic mass is 10.0. The summed E-state index contributed by atoms with van der Waals surface area (Å²) in [5, 5.41) is 22.3. The van der Waals surface area contributed by atoms with Gasteiger partial charge in [-0.15, -0.1) is 0 Å². The van der Waals surface area contributed by atoms with Crippen molar-refractivity contribution in [3.8, 4) is 6.07 Å². The van der Waals surface area contributed by atoms with Crippen molar-refractivity contribution in [1.29, 1.82) is 5.26 Å². The Labute approximate surface area is 158 Å². The number of nitrogens with one attached hydrogen (secondary N) is 1. The van der Waals surface area contributed by atoms with Crippen LogP contribution in [0.1, 0.15) is 33.2 Å². The summed E-state index contributed by atoms with van der Waals surface area (Å²) in [4.78, 5) is 23.7. The molecule has 1 heterocycles. The fourth-order valence-electron chi connectivity index (χ4n) is 2.45. The summed E-state index contributed by atoms with van der Waals surface area (Å²) in [6, 6.07) is 14.1. The summed E-state index contributed by atoms with van der Waals surface area (Å²) in [6.07, 6.45) is 0.220. The maximum atomic E-state index is 12.3. The molecule has 3 aromatic rings. The molecule has 0 fully saturated rings. The van der Waals surface area contributed by atoms with Crippen LogP contribution in [0.2, 0.25) is 5.02 Å². The lowest BCUT2D eigenvalue weighted by Crippen LogP contribution is -2.14. The number of amides is 1. The van der Waals surface area contributed by atoms with Crippen molar-refractivity contribution in [2.45, 2.75) is 12.5 Å². The summed E-state index contributed by atoms with van der Waals surface area (Å²) < 4.78 is 4.68. The molecule has 134 valence electrons. The molecule has 2 aromatic carbocycles. The van der Waals surface area contributed by atoms with Gasteiger partial charge in [-0.2, -0.15) is 10.2 Å². The number of carbonyl (C=O) groups is 1. The lowest BCUT2D eigenvalue weighted by Gasteiger charge is -2.08. The Morgan fingerprint density at radius 3 is 2.70 bits per heavy atom. The molecule has 27 heavy (non-hydrogen) atoms. The summed E-state index contributed by atoms with van der Waals surface area (Å²) in [5.74, 6) is -0.472. The van der Waals surface area contributed by atoms with Gasteiger partial charge in [0, 0.05) is 17.0 Å². The molecule has 0 bridgehead atoms. The number of nitrogens with zero attached hydrogens (tertiary/aromatic N) is 4. The number of hydrogen-bond acceptors (Lipinski definition) is 7. The van der Waals surface area contributed by atoms with Gasteiger partial charge in [-0.3, -0.25) is 4.79 Å². The van der Waals surface area contributed by atoms with Crippen molar-refractivity contribution in [1.82, 2.24) is 10.3 Å². The van der Waals surface area contributed by atoms with Crippen molar-refractivity contribution >= 4 is 23.3 Å². The van der Waals surface area contributed by atoms with Crippen LogP contribution in [0.4, 0.5) is 5.82 Å². The zero-order chi connectivity index (χ0) is 19.2. The fourth-order valence-corrected chi connectivity index (χ4v) is 2.66. The monoisotopic (exact) mass is 381 g/mol. The van der Waals surface area contributed by atoms with Gasteiger partial charge in [0.15, 0.2) is 5.69 Å². The zero-order valence-electron chi connectivity index (χ0n) is 13.8. The predicted octanol–water partition coefficient (Wildman–Crippen LogP) is 3.90. The van der Waals surface area contributed by atoms with Gasteiger partial charge >= 0.3 is 0 Å². The minimum absolute atomic E-state index is 0.0102. The quantitative estimate of drug-likeness (QED) is 0.646. The molecule has 0 aliphatic heterocycles. The Hall–Kier alpha value is -3.57. The topological polar surface area (TPSA) is 121 Å². The third-order valence-electron chi connectivity index (χ3n) is 3.78. The fraction of sp³-hybridized carbons (Fsp3) is 0.111. The summed E-state index contributed by atoms with van der Waals surface area (Å²) in [5.41, 5.74) is 1.64. The molecule has 0 spiro atoms. The Bertz CT molecular complexity index is 1010. The highest BCUT2D eigenvalue weighted by Gasteiger charge is 2.24. The van der Waals surface area contributed by atoms with Gasteiger partial charge in [-0.1, -0.05) is 34.1 Å². The van der Waals surface area contributed by atoms with E-state index in [4.69, 9.17) is 16.9 Å². The molecule has 3 rings (SSSR count). The average molecular weight is 382 g/mol. The maximum absolute atomic E-state index is 12.3. The van der Waals surface area contributed by atoms with Crippen molar-refractivity contribution in [2.24, 2.45) is 5.18 Å². The molecule has 0 aliphatic carbocycles. The molecule has 8 nitrogen and oxygen atoms in total. The summed E-state index contributed by atoms with van der Waals surface area (Å²) in [7, 11) is 0. The first kappa shape index (κ1) is 18.2. The second-order valence-corrected chi connectivity index (χ2v) is 6.03. The Morgan fingerprint density at radius 2 is 2.04 bits per heavy atom. The second kappa shape index (κ2) is 8.21. The number of halogens is 1. The molecule has 0 radical (unpaired) electrons. The number of nitroso groups, excluding NO2 is 1. The minimum atomic E-state index is -0.911. The van der Waals surface area contributed by atoms with Gasteiger partial charge in [0.05, 0.1) is 11.6 Å². The van der Waals surface area contributed by atoms with E-state index in [1.165, 1.54) is 24.3 Å². The van der Waals surface area contributed by atoms with Crippen LogP contribution in [-0.2, 0) is 6.42 Å². The second-order valence-electron chi connectivity index (χ2n) is 5.60. The van der Waals surface area contributed by atoms with Gasteiger partial charge in [-0.05, 0) is 47.1 Å². The Balaban J connectivity index is 1.78. The number of anilines is 1. The van der Waals surface area contributed by atoms with E-state index < -0.39 is 11.9 Å². The molecular formula is C18H12ClN5O3. The van der Waals surface area contributed by atoms with E-state index in [1.807, 2.05) is 6.07 Å². The average Bonchev–Trinajstić information content (AvgIpc) is 3.14. The van der Waals surface area contributed by atoms with Crippen LogP contribution >= 0.6 is 11.6 Å². The van der Waals surface area contributed by atoms with E-state index in [0.29, 0.717) is 16.1 Å². The lowest BCUT2D eigenvalue weighted by molar-refractivity contribution is 0.102. The Kier molecular flexibility index (Phi) is 5.54. The Morgan fingerprint density at radius 1 is 1.26 bits per heavy atom. The van der Waals surface area contributed by atoms with E-state index in [-0.39, 0.29) is 17.9 Å². The minimum Gasteiger partial charge on any atom is -0.302 e. The molecule has 9 heteroatoms. The highest BCUT2D eigenvalue weighted by molar-refractivity contribution is 6.30. The van der Waals surface area contributed by atoms with Gasteiger partial charge in [0.25, 0.3) is 5.91 Å². The molecule has 0 saturated heterocycles. The van der Waals surface area contributed by atoms with Gasteiger partial charge < -0.3 is 5.32 Å². The number of carbonyl (C=O) groups excluding carboxylic acids is 1. The molecular weight excluding hydrogens is 370 g/mol. The van der Waals surface area contributed by atoms with Gasteiger partial charge in [0.2, 0.25) is 5.82 Å². The smallest absolute Gasteiger partial charge is 0.256 e. The largest absolute Gasteiger partial charge is 0.302 e.